The summed E-state index contributed by atoms with van der Waals surface area (Å²) in [7, 11) is 0. The fourth-order valence-corrected chi connectivity index (χ4v) is 4.41. The minimum Gasteiger partial charge on any atom is -0.367 e. The molecule has 0 saturated carbocycles. The number of piperidine rings is 1. The highest BCUT2D eigenvalue weighted by atomic mass is 16.1. The van der Waals surface area contributed by atoms with Crippen LogP contribution in [0.2, 0.25) is 0 Å². The fraction of sp³-hybridized carbons (Fsp3) is 0.296. The van der Waals surface area contributed by atoms with E-state index < -0.39 is 0 Å². The van der Waals surface area contributed by atoms with Gasteiger partial charge in [-0.3, -0.25) is 9.78 Å². The third-order valence-corrected chi connectivity index (χ3v) is 6.15. The van der Waals surface area contributed by atoms with Crippen molar-refractivity contribution in [2.24, 2.45) is 0 Å². The molecule has 0 spiro atoms. The van der Waals surface area contributed by atoms with Crippen LogP contribution in [0.15, 0.2) is 60.9 Å². The van der Waals surface area contributed by atoms with Crippen molar-refractivity contribution in [2.45, 2.75) is 38.6 Å². The second-order valence-corrected chi connectivity index (χ2v) is 9.20. The van der Waals surface area contributed by atoms with Crippen LogP contribution in [0.25, 0.3) is 22.2 Å². The summed E-state index contributed by atoms with van der Waals surface area (Å²) in [6.45, 7) is 6.14. The van der Waals surface area contributed by atoms with Crippen molar-refractivity contribution in [3.63, 3.8) is 0 Å². The summed E-state index contributed by atoms with van der Waals surface area (Å²) in [5, 5.41) is 18.9. The minimum atomic E-state index is -0.191. The quantitative estimate of drug-likeness (QED) is 0.380. The highest BCUT2D eigenvalue weighted by molar-refractivity contribution is 6.04. The van der Waals surface area contributed by atoms with E-state index in [4.69, 9.17) is 0 Å². The van der Waals surface area contributed by atoms with Gasteiger partial charge in [-0.05, 0) is 81.6 Å². The van der Waals surface area contributed by atoms with Crippen LogP contribution >= 0.6 is 0 Å². The Morgan fingerprint density at radius 2 is 1.86 bits per heavy atom. The molecule has 0 radical (unpaired) electrons. The molecule has 1 aliphatic heterocycles. The lowest BCUT2D eigenvalue weighted by atomic mass is 9.89. The summed E-state index contributed by atoms with van der Waals surface area (Å²) < 4.78 is 0. The number of hydrogen-bond acceptors (Lipinski definition) is 7. The van der Waals surface area contributed by atoms with Gasteiger partial charge in [-0.1, -0.05) is 18.2 Å². The van der Waals surface area contributed by atoms with E-state index in [-0.39, 0.29) is 11.9 Å². The Kier molecular flexibility index (Phi) is 6.63. The Labute approximate surface area is 204 Å². The number of fused-ring (bicyclic) bond motifs is 1. The third kappa shape index (κ3) is 5.44. The molecule has 0 atom stereocenters. The molecule has 0 bridgehead atoms. The predicted molar refractivity (Wildman–Crippen MR) is 139 cm³/mol. The molecule has 5 rings (SSSR count). The van der Waals surface area contributed by atoms with E-state index in [9.17, 15) is 4.79 Å². The van der Waals surface area contributed by atoms with Crippen LogP contribution in [-0.2, 0) is 0 Å². The van der Waals surface area contributed by atoms with Crippen molar-refractivity contribution < 1.29 is 4.79 Å². The van der Waals surface area contributed by atoms with Gasteiger partial charge in [0.2, 0.25) is 0 Å². The van der Waals surface area contributed by atoms with Crippen LogP contribution < -0.4 is 16.0 Å². The summed E-state index contributed by atoms with van der Waals surface area (Å²) in [5.41, 5.74) is 4.25. The van der Waals surface area contributed by atoms with Crippen LogP contribution in [0.3, 0.4) is 0 Å². The van der Waals surface area contributed by atoms with Crippen molar-refractivity contribution in [1.29, 1.82) is 0 Å². The van der Waals surface area contributed by atoms with Crippen LogP contribution in [0.5, 0.6) is 0 Å². The zero-order valence-electron chi connectivity index (χ0n) is 20.0. The van der Waals surface area contributed by atoms with Gasteiger partial charge in [0.05, 0.1) is 23.6 Å². The van der Waals surface area contributed by atoms with Crippen LogP contribution in [-0.4, -0.2) is 45.2 Å². The molecule has 3 N–H and O–H groups in total. The number of amides is 1. The second kappa shape index (κ2) is 10.1. The van der Waals surface area contributed by atoms with Gasteiger partial charge in [0.25, 0.3) is 5.91 Å². The molecule has 1 aliphatic rings. The Morgan fingerprint density at radius 1 is 1.00 bits per heavy atom. The lowest BCUT2D eigenvalue weighted by Crippen LogP contribution is -2.26. The number of anilines is 2. The number of aromatic nitrogens is 4. The molecule has 8 heteroatoms. The molecule has 8 nitrogen and oxygen atoms in total. The first kappa shape index (κ1) is 22.9. The van der Waals surface area contributed by atoms with E-state index in [2.05, 4.69) is 56.0 Å². The first-order valence-electron chi connectivity index (χ1n) is 12.0. The van der Waals surface area contributed by atoms with Crippen LogP contribution in [0, 0.1) is 0 Å². The highest BCUT2D eigenvalue weighted by Gasteiger charge is 2.17. The maximum absolute atomic E-state index is 13.0. The molecule has 178 valence electrons. The first-order chi connectivity index (χ1) is 17.0. The van der Waals surface area contributed by atoms with Crippen molar-refractivity contribution >= 4 is 28.4 Å². The Morgan fingerprint density at radius 3 is 2.69 bits per heavy atom. The SMILES string of the molecule is CC(C)Nc1cncc(-c2ccc3nnc(NC(=O)c4cccc(C5CCNCC5)c4)cc3c2)n1. The highest BCUT2D eigenvalue weighted by Crippen LogP contribution is 2.27. The molecule has 2 aromatic heterocycles. The molecule has 35 heavy (non-hydrogen) atoms. The molecule has 3 heterocycles. The second-order valence-electron chi connectivity index (χ2n) is 9.20. The van der Waals surface area contributed by atoms with Gasteiger partial charge in [0, 0.05) is 22.6 Å². The molecule has 0 unspecified atom stereocenters. The van der Waals surface area contributed by atoms with Gasteiger partial charge in [-0.15, -0.1) is 10.2 Å². The fourth-order valence-electron chi connectivity index (χ4n) is 4.41. The van der Waals surface area contributed by atoms with Gasteiger partial charge < -0.3 is 16.0 Å². The number of hydrogen-bond donors (Lipinski definition) is 3. The van der Waals surface area contributed by atoms with Crippen molar-refractivity contribution in [3.05, 3.63) is 72.1 Å². The van der Waals surface area contributed by atoms with Gasteiger partial charge in [-0.25, -0.2) is 4.98 Å². The van der Waals surface area contributed by atoms with E-state index >= 15 is 0 Å². The standard InChI is InChI=1S/C27H29N7O/c1-17(2)30-26-16-29-15-24(31-26)20-6-7-23-22(13-20)14-25(34-33-23)32-27(35)21-5-3-4-19(12-21)18-8-10-28-11-9-18/h3-7,12-18,28H,8-11H2,1-2H3,(H,30,31)(H,32,34,35). The monoisotopic (exact) mass is 467 g/mol. The number of rotatable bonds is 6. The lowest BCUT2D eigenvalue weighted by molar-refractivity contribution is 0.102. The largest absolute Gasteiger partial charge is 0.367 e. The Balaban J connectivity index is 1.36. The summed E-state index contributed by atoms with van der Waals surface area (Å²) in [4.78, 5) is 22.0. The van der Waals surface area contributed by atoms with Crippen LogP contribution in [0.4, 0.5) is 11.6 Å². The summed E-state index contributed by atoms with van der Waals surface area (Å²) >= 11 is 0. The maximum atomic E-state index is 13.0. The number of nitrogens with zero attached hydrogens (tertiary/aromatic N) is 4. The summed E-state index contributed by atoms with van der Waals surface area (Å²) in [6, 6.07) is 15.8. The Bertz CT molecular complexity index is 1350. The zero-order chi connectivity index (χ0) is 24.2. The van der Waals surface area contributed by atoms with Gasteiger partial charge in [0.1, 0.15) is 5.82 Å². The number of nitrogens with one attached hydrogen (secondary N) is 3. The smallest absolute Gasteiger partial charge is 0.256 e. The van der Waals surface area contributed by atoms with E-state index in [1.807, 2.05) is 42.5 Å². The number of benzene rings is 2. The lowest BCUT2D eigenvalue weighted by Gasteiger charge is -2.23. The molecule has 2 aromatic carbocycles. The normalized spacial score (nSPS) is 14.3. The van der Waals surface area contributed by atoms with E-state index in [0.29, 0.717) is 17.3 Å². The van der Waals surface area contributed by atoms with Gasteiger partial charge in [-0.2, -0.15) is 0 Å². The molecular weight excluding hydrogens is 438 g/mol. The molecule has 4 aromatic rings. The molecular formula is C27H29N7O. The van der Waals surface area contributed by atoms with Crippen molar-refractivity contribution in [3.8, 4) is 11.3 Å². The van der Waals surface area contributed by atoms with Crippen molar-refractivity contribution in [2.75, 3.05) is 23.7 Å². The molecule has 1 fully saturated rings. The van der Waals surface area contributed by atoms with E-state index in [1.165, 1.54) is 5.56 Å². The average molecular weight is 468 g/mol. The minimum absolute atomic E-state index is 0.191. The predicted octanol–water partition coefficient (Wildman–Crippen LogP) is 4.63. The number of carbonyl (C=O) groups is 1. The van der Waals surface area contributed by atoms with E-state index in [0.717, 1.165) is 53.9 Å². The van der Waals surface area contributed by atoms with Gasteiger partial charge in [0.15, 0.2) is 5.82 Å². The zero-order valence-corrected chi connectivity index (χ0v) is 20.0. The van der Waals surface area contributed by atoms with Crippen molar-refractivity contribution in [1.82, 2.24) is 25.5 Å². The maximum Gasteiger partial charge on any atom is 0.256 e. The number of carbonyl (C=O) groups excluding carboxylic acids is 1. The molecule has 1 amide bonds. The molecule has 0 aliphatic carbocycles. The molecule has 1 saturated heterocycles. The summed E-state index contributed by atoms with van der Waals surface area (Å²) in [5.74, 6) is 1.43. The first-order valence-corrected chi connectivity index (χ1v) is 12.0. The summed E-state index contributed by atoms with van der Waals surface area (Å²) in [6.07, 6.45) is 5.62. The Hall–Kier alpha value is -3.91. The van der Waals surface area contributed by atoms with Gasteiger partial charge >= 0.3 is 0 Å². The topological polar surface area (TPSA) is 105 Å². The van der Waals surface area contributed by atoms with Crippen LogP contribution in [0.1, 0.15) is 48.5 Å². The third-order valence-electron chi connectivity index (χ3n) is 6.15. The average Bonchev–Trinajstić information content (AvgIpc) is 2.88. The van der Waals surface area contributed by atoms with E-state index in [1.54, 1.807) is 12.4 Å².